The summed E-state index contributed by atoms with van der Waals surface area (Å²) in [5.41, 5.74) is 0. The lowest BCUT2D eigenvalue weighted by Crippen LogP contribution is -2.30. The van der Waals surface area contributed by atoms with Crippen LogP contribution in [0.15, 0.2) is 0 Å². The summed E-state index contributed by atoms with van der Waals surface area (Å²) in [7, 11) is -9.90. The number of rotatable bonds is 67. The third-order valence-corrected chi connectivity index (χ3v) is 19.1. The minimum Gasteiger partial charge on any atom is -0.462 e. The van der Waals surface area contributed by atoms with Crippen LogP contribution in [0.25, 0.3) is 0 Å². The molecule has 8 atom stereocenters. The predicted octanol–water partition coefficient (Wildman–Crippen LogP) is 19.7. The highest BCUT2D eigenvalue weighted by molar-refractivity contribution is 7.47. The second-order valence-corrected chi connectivity index (χ2v) is 29.4. The monoisotopic (exact) mass is 1310 g/mol. The van der Waals surface area contributed by atoms with Crippen molar-refractivity contribution in [3.63, 3.8) is 0 Å². The average Bonchev–Trinajstić information content (AvgIpc) is 3.72. The fourth-order valence-corrected chi connectivity index (χ4v) is 12.0. The van der Waals surface area contributed by atoms with Crippen molar-refractivity contribution in [2.24, 2.45) is 23.7 Å². The summed E-state index contributed by atoms with van der Waals surface area (Å²) in [6.45, 7) is 14.1. The van der Waals surface area contributed by atoms with Gasteiger partial charge in [0.15, 0.2) is 12.2 Å². The average molecular weight is 1310 g/mol. The Hall–Kier alpha value is -1.94. The predicted molar refractivity (Wildman–Crippen MR) is 358 cm³/mol. The summed E-state index contributed by atoms with van der Waals surface area (Å²) >= 11 is 0. The maximum absolute atomic E-state index is 13.0. The fourth-order valence-electron chi connectivity index (χ4n) is 10.4. The highest BCUT2D eigenvalue weighted by Gasteiger charge is 2.30. The van der Waals surface area contributed by atoms with Crippen LogP contribution in [-0.2, 0) is 65.4 Å². The quantitative estimate of drug-likeness (QED) is 0.0222. The van der Waals surface area contributed by atoms with Crippen molar-refractivity contribution in [1.29, 1.82) is 0 Å². The zero-order chi connectivity index (χ0) is 66.1. The SMILES string of the molecule is CCC(C)CCCCCCCCCCCCCCCCC(=O)OC[C@H](COP(=O)(O)OC[C@@H](O)COP(=O)(O)OC[C@@H](COC(=O)CCCCCCCCC(C)CC)OC(=O)CCCCCCCCC(C)C)OC(=O)CCCCCCCCCCC(C)CC. The van der Waals surface area contributed by atoms with Gasteiger partial charge in [0.1, 0.15) is 19.3 Å². The summed E-state index contributed by atoms with van der Waals surface area (Å²) in [5, 5.41) is 10.6. The van der Waals surface area contributed by atoms with Crippen molar-refractivity contribution in [1.82, 2.24) is 0 Å². The molecule has 528 valence electrons. The van der Waals surface area contributed by atoms with Crippen molar-refractivity contribution in [2.45, 2.75) is 363 Å². The van der Waals surface area contributed by atoms with Crippen LogP contribution in [0.5, 0.6) is 0 Å². The maximum atomic E-state index is 13.0. The molecular weight excluding hydrogens is 1170 g/mol. The highest BCUT2D eigenvalue weighted by atomic mass is 31.2. The summed E-state index contributed by atoms with van der Waals surface area (Å²) in [6.07, 6.45) is 41.8. The van der Waals surface area contributed by atoms with Gasteiger partial charge in [0.2, 0.25) is 0 Å². The lowest BCUT2D eigenvalue weighted by Gasteiger charge is -2.21. The minimum atomic E-state index is -4.95. The molecule has 0 aliphatic carbocycles. The molecule has 19 heteroatoms. The van der Waals surface area contributed by atoms with Gasteiger partial charge in [-0.2, -0.15) is 0 Å². The number of hydrogen-bond donors (Lipinski definition) is 3. The van der Waals surface area contributed by atoms with E-state index in [0.29, 0.717) is 31.6 Å². The zero-order valence-electron chi connectivity index (χ0n) is 58.1. The number of ether oxygens (including phenoxy) is 4. The number of aliphatic hydroxyl groups is 1. The Labute approximate surface area is 543 Å². The lowest BCUT2D eigenvalue weighted by molar-refractivity contribution is -0.161. The van der Waals surface area contributed by atoms with Crippen LogP contribution in [0.4, 0.5) is 0 Å². The normalized spacial score (nSPS) is 15.2. The number of phosphoric acid groups is 2. The van der Waals surface area contributed by atoms with Crippen molar-refractivity contribution in [3.05, 3.63) is 0 Å². The zero-order valence-corrected chi connectivity index (χ0v) is 59.8. The molecule has 0 rings (SSSR count). The number of esters is 4. The topological polar surface area (TPSA) is 237 Å². The van der Waals surface area contributed by atoms with E-state index in [4.69, 9.17) is 37.0 Å². The van der Waals surface area contributed by atoms with Crippen molar-refractivity contribution in [3.8, 4) is 0 Å². The molecule has 0 saturated heterocycles. The number of carbonyl (C=O) groups is 4. The minimum absolute atomic E-state index is 0.101. The van der Waals surface area contributed by atoms with E-state index in [1.54, 1.807) is 0 Å². The van der Waals surface area contributed by atoms with Crippen molar-refractivity contribution in [2.75, 3.05) is 39.6 Å². The molecule has 3 N–H and O–H groups in total. The summed E-state index contributed by atoms with van der Waals surface area (Å²) in [5.74, 6) is 0.884. The van der Waals surface area contributed by atoms with Gasteiger partial charge in [-0.1, -0.05) is 293 Å². The van der Waals surface area contributed by atoms with E-state index in [9.17, 15) is 43.2 Å². The molecule has 0 saturated carbocycles. The van der Waals surface area contributed by atoms with Gasteiger partial charge < -0.3 is 33.8 Å². The Bertz CT molecular complexity index is 1770. The van der Waals surface area contributed by atoms with Gasteiger partial charge in [-0.05, 0) is 49.4 Å². The Morgan fingerprint density at radius 2 is 0.539 bits per heavy atom. The Morgan fingerprint density at radius 1 is 0.315 bits per heavy atom. The van der Waals surface area contributed by atoms with E-state index in [-0.39, 0.29) is 25.7 Å². The van der Waals surface area contributed by atoms with Gasteiger partial charge in [-0.25, -0.2) is 9.13 Å². The molecule has 0 fully saturated rings. The largest absolute Gasteiger partial charge is 0.472 e. The first-order valence-electron chi connectivity index (χ1n) is 36.3. The first-order chi connectivity index (χ1) is 42.7. The standard InChI is InChI=1S/C70H136O17P2/c1-9-61(6)47-39-31-22-18-16-14-12-13-15-17-19-24-34-42-50-67(72)80-56-65(86-69(74)52-44-36-25-21-20-23-32-40-48-62(7)10-2)58-84-88(76,77)82-54-64(71)55-83-89(78,79)85-59-66(87-70(75)53-45-37-28-26-30-38-46-60(4)5)57-81-68(73)51-43-35-29-27-33-41-49-63(8)11-3/h60-66,71H,9-59H2,1-8H3,(H,76,77)(H,78,79)/t61?,62?,63?,64-,65-,66-/m1/s1. The summed E-state index contributed by atoms with van der Waals surface area (Å²) in [4.78, 5) is 72.5. The van der Waals surface area contributed by atoms with E-state index in [0.717, 1.165) is 114 Å². The van der Waals surface area contributed by atoms with Crippen LogP contribution in [-0.4, -0.2) is 96.7 Å². The summed E-state index contributed by atoms with van der Waals surface area (Å²) < 4.78 is 68.2. The molecule has 0 bridgehead atoms. The first kappa shape index (κ1) is 87.1. The van der Waals surface area contributed by atoms with E-state index in [2.05, 4.69) is 55.4 Å². The summed E-state index contributed by atoms with van der Waals surface area (Å²) in [6, 6.07) is 0. The van der Waals surface area contributed by atoms with E-state index < -0.39 is 97.5 Å². The van der Waals surface area contributed by atoms with Crippen LogP contribution in [0, 0.1) is 23.7 Å². The van der Waals surface area contributed by atoms with Gasteiger partial charge in [-0.3, -0.25) is 37.3 Å². The van der Waals surface area contributed by atoms with Gasteiger partial charge in [0.05, 0.1) is 26.4 Å². The molecule has 0 radical (unpaired) electrons. The second-order valence-electron chi connectivity index (χ2n) is 26.5. The van der Waals surface area contributed by atoms with Crippen LogP contribution in [0.3, 0.4) is 0 Å². The van der Waals surface area contributed by atoms with Crippen LogP contribution in [0.1, 0.15) is 344 Å². The first-order valence-corrected chi connectivity index (χ1v) is 39.3. The van der Waals surface area contributed by atoms with Crippen LogP contribution >= 0.6 is 15.6 Å². The van der Waals surface area contributed by atoms with Gasteiger partial charge in [0.25, 0.3) is 0 Å². The molecule has 17 nitrogen and oxygen atoms in total. The Kier molecular flexibility index (Phi) is 58.5. The van der Waals surface area contributed by atoms with Crippen molar-refractivity contribution < 1.29 is 80.2 Å². The van der Waals surface area contributed by atoms with Crippen LogP contribution in [0.2, 0.25) is 0 Å². The molecule has 0 heterocycles. The molecule has 5 unspecified atom stereocenters. The van der Waals surface area contributed by atoms with E-state index >= 15 is 0 Å². The molecule has 89 heavy (non-hydrogen) atoms. The van der Waals surface area contributed by atoms with Crippen molar-refractivity contribution >= 4 is 39.5 Å². The van der Waals surface area contributed by atoms with Gasteiger partial charge in [-0.15, -0.1) is 0 Å². The molecule has 0 spiro atoms. The molecular formula is C70H136O17P2. The number of carbonyl (C=O) groups excluding carboxylic acids is 4. The lowest BCUT2D eigenvalue weighted by atomic mass is 9.99. The van der Waals surface area contributed by atoms with E-state index in [1.165, 1.54) is 141 Å². The number of phosphoric ester groups is 2. The molecule has 0 aliphatic heterocycles. The fraction of sp³-hybridized carbons (Fsp3) is 0.943. The molecule has 0 aliphatic rings. The third kappa shape index (κ3) is 60.7. The number of hydrogen-bond acceptors (Lipinski definition) is 15. The number of aliphatic hydroxyl groups excluding tert-OH is 1. The smallest absolute Gasteiger partial charge is 0.462 e. The Balaban J connectivity index is 5.21. The maximum Gasteiger partial charge on any atom is 0.472 e. The second kappa shape index (κ2) is 59.8. The van der Waals surface area contributed by atoms with Gasteiger partial charge >= 0.3 is 39.5 Å². The molecule has 0 aromatic rings. The van der Waals surface area contributed by atoms with Gasteiger partial charge in [0, 0.05) is 25.7 Å². The Morgan fingerprint density at radius 3 is 0.798 bits per heavy atom. The van der Waals surface area contributed by atoms with Crippen LogP contribution < -0.4 is 0 Å². The third-order valence-electron chi connectivity index (χ3n) is 17.2. The molecule has 0 amide bonds. The highest BCUT2D eigenvalue weighted by Crippen LogP contribution is 2.45. The molecule has 0 aromatic heterocycles. The molecule has 0 aromatic carbocycles. The number of unbranched alkanes of at least 4 members (excludes halogenated alkanes) is 30. The van der Waals surface area contributed by atoms with E-state index in [1.807, 2.05) is 0 Å².